The van der Waals surface area contributed by atoms with Gasteiger partial charge in [-0.3, -0.25) is 0 Å². The Bertz CT molecular complexity index is 266. The molecule has 0 amide bonds. The first-order valence-electron chi connectivity index (χ1n) is 9.33. The van der Waals surface area contributed by atoms with Gasteiger partial charge in [0.1, 0.15) is 0 Å². The van der Waals surface area contributed by atoms with Gasteiger partial charge in [-0.2, -0.15) is 0 Å². The summed E-state index contributed by atoms with van der Waals surface area (Å²) in [6.07, 6.45) is 12.6. The minimum atomic E-state index is 0.483. The number of nitrogens with one attached hydrogen (secondary N) is 1. The molecule has 0 aromatic carbocycles. The highest BCUT2D eigenvalue weighted by Gasteiger charge is 2.25. The van der Waals surface area contributed by atoms with Crippen molar-refractivity contribution in [1.29, 1.82) is 0 Å². The van der Waals surface area contributed by atoms with Crippen molar-refractivity contribution in [1.82, 2.24) is 10.2 Å². The van der Waals surface area contributed by atoms with Crippen LogP contribution in [0.15, 0.2) is 0 Å². The monoisotopic (exact) mass is 296 g/mol. The molecule has 3 unspecified atom stereocenters. The lowest BCUT2D eigenvalue weighted by Crippen LogP contribution is -2.43. The van der Waals surface area contributed by atoms with E-state index in [0.717, 1.165) is 25.1 Å². The first-order valence-corrected chi connectivity index (χ1v) is 9.33. The van der Waals surface area contributed by atoms with Gasteiger partial charge in [-0.1, -0.05) is 26.2 Å². The molecule has 3 heteroatoms. The SMILES string of the molecule is CCCNC1CCCCCC1CN(C)CC1CCCCO1. The van der Waals surface area contributed by atoms with E-state index in [-0.39, 0.29) is 0 Å². The lowest BCUT2D eigenvalue weighted by molar-refractivity contribution is -0.00443. The van der Waals surface area contributed by atoms with Crippen molar-refractivity contribution in [3.63, 3.8) is 0 Å². The Morgan fingerprint density at radius 1 is 1.00 bits per heavy atom. The summed E-state index contributed by atoms with van der Waals surface area (Å²) in [6, 6.07) is 0.738. The number of nitrogens with zero attached hydrogens (tertiary/aromatic N) is 1. The molecule has 2 aliphatic rings. The molecule has 0 aromatic rings. The average Bonchev–Trinajstić information content (AvgIpc) is 2.71. The summed E-state index contributed by atoms with van der Waals surface area (Å²) >= 11 is 0. The van der Waals surface area contributed by atoms with Gasteiger partial charge in [-0.25, -0.2) is 0 Å². The average molecular weight is 296 g/mol. The van der Waals surface area contributed by atoms with E-state index in [0.29, 0.717) is 6.10 Å². The van der Waals surface area contributed by atoms with Crippen LogP contribution in [0.25, 0.3) is 0 Å². The summed E-state index contributed by atoms with van der Waals surface area (Å²) in [7, 11) is 2.29. The maximum absolute atomic E-state index is 5.90. The van der Waals surface area contributed by atoms with Crippen molar-refractivity contribution in [2.24, 2.45) is 5.92 Å². The third kappa shape index (κ3) is 6.25. The van der Waals surface area contributed by atoms with Gasteiger partial charge in [0.05, 0.1) is 6.10 Å². The third-order valence-electron chi connectivity index (χ3n) is 5.15. The molecule has 124 valence electrons. The van der Waals surface area contributed by atoms with E-state index in [9.17, 15) is 0 Å². The second kappa shape index (κ2) is 9.81. The molecule has 0 spiro atoms. The van der Waals surface area contributed by atoms with Crippen LogP contribution >= 0.6 is 0 Å². The molecule has 1 saturated carbocycles. The van der Waals surface area contributed by atoms with Crippen LogP contribution in [0.2, 0.25) is 0 Å². The quantitative estimate of drug-likeness (QED) is 0.728. The minimum absolute atomic E-state index is 0.483. The third-order valence-corrected chi connectivity index (χ3v) is 5.15. The Morgan fingerprint density at radius 3 is 2.57 bits per heavy atom. The van der Waals surface area contributed by atoms with Gasteiger partial charge in [-0.15, -0.1) is 0 Å². The van der Waals surface area contributed by atoms with Gasteiger partial charge >= 0.3 is 0 Å². The maximum Gasteiger partial charge on any atom is 0.0701 e. The molecular formula is C18H36N2O. The molecule has 21 heavy (non-hydrogen) atoms. The first kappa shape index (κ1) is 17.2. The molecule has 0 aromatic heterocycles. The van der Waals surface area contributed by atoms with Crippen molar-refractivity contribution in [3.8, 4) is 0 Å². The van der Waals surface area contributed by atoms with Crippen LogP contribution in [0, 0.1) is 5.92 Å². The van der Waals surface area contributed by atoms with E-state index in [2.05, 4.69) is 24.2 Å². The van der Waals surface area contributed by atoms with Crippen molar-refractivity contribution in [2.75, 3.05) is 33.3 Å². The summed E-state index contributed by atoms with van der Waals surface area (Å²) < 4.78 is 5.90. The van der Waals surface area contributed by atoms with E-state index >= 15 is 0 Å². The molecule has 1 heterocycles. The van der Waals surface area contributed by atoms with Gasteiger partial charge in [0.2, 0.25) is 0 Å². The molecule has 3 atom stereocenters. The molecule has 2 rings (SSSR count). The number of hydrogen-bond donors (Lipinski definition) is 1. The summed E-state index contributed by atoms with van der Waals surface area (Å²) in [5, 5.41) is 3.81. The Kier molecular flexibility index (Phi) is 8.05. The highest BCUT2D eigenvalue weighted by Crippen LogP contribution is 2.25. The van der Waals surface area contributed by atoms with E-state index in [4.69, 9.17) is 4.74 Å². The number of hydrogen-bond acceptors (Lipinski definition) is 3. The van der Waals surface area contributed by atoms with Gasteiger partial charge in [-0.05, 0) is 58.0 Å². The standard InChI is InChI=1S/C18H36N2O/c1-3-12-19-18-11-6-4-5-9-16(18)14-20(2)15-17-10-7-8-13-21-17/h16-19H,3-15H2,1-2H3. The molecule has 1 aliphatic carbocycles. The van der Waals surface area contributed by atoms with Crippen LogP contribution in [0.4, 0.5) is 0 Å². The topological polar surface area (TPSA) is 24.5 Å². The second-order valence-corrected chi connectivity index (χ2v) is 7.17. The van der Waals surface area contributed by atoms with Crippen molar-refractivity contribution in [2.45, 2.75) is 76.9 Å². The molecule has 3 nitrogen and oxygen atoms in total. The van der Waals surface area contributed by atoms with Crippen molar-refractivity contribution >= 4 is 0 Å². The molecular weight excluding hydrogens is 260 g/mol. The van der Waals surface area contributed by atoms with Crippen LogP contribution in [0.1, 0.15) is 64.7 Å². The Labute approximate surface area is 131 Å². The summed E-state index contributed by atoms with van der Waals surface area (Å²) in [5.74, 6) is 0.827. The maximum atomic E-state index is 5.90. The van der Waals surface area contributed by atoms with Crippen LogP contribution in [-0.4, -0.2) is 50.3 Å². The van der Waals surface area contributed by atoms with Crippen molar-refractivity contribution < 1.29 is 4.74 Å². The summed E-state index contributed by atoms with van der Waals surface area (Å²) in [4.78, 5) is 2.53. The van der Waals surface area contributed by atoms with Crippen molar-refractivity contribution in [3.05, 3.63) is 0 Å². The Morgan fingerprint density at radius 2 is 1.81 bits per heavy atom. The fraction of sp³-hybridized carbons (Fsp3) is 1.00. The highest BCUT2D eigenvalue weighted by molar-refractivity contribution is 4.82. The first-order chi connectivity index (χ1) is 10.3. The normalized spacial score (nSPS) is 31.3. The molecule has 1 aliphatic heterocycles. The van der Waals surface area contributed by atoms with Gasteiger partial charge in [0, 0.05) is 25.7 Å². The number of likely N-dealkylation sites (N-methyl/N-ethyl adjacent to an activating group) is 1. The Balaban J connectivity index is 1.78. The molecule has 1 saturated heterocycles. The summed E-state index contributed by atoms with van der Waals surface area (Å²) in [6.45, 7) is 6.78. The molecule has 0 radical (unpaired) electrons. The van der Waals surface area contributed by atoms with Crippen LogP contribution in [-0.2, 0) is 4.74 Å². The summed E-state index contributed by atoms with van der Waals surface area (Å²) in [5.41, 5.74) is 0. The van der Waals surface area contributed by atoms with Gasteiger partial charge in [0.25, 0.3) is 0 Å². The predicted molar refractivity (Wildman–Crippen MR) is 89.7 cm³/mol. The lowest BCUT2D eigenvalue weighted by atomic mass is 9.93. The molecule has 0 bridgehead atoms. The largest absolute Gasteiger partial charge is 0.377 e. The molecule has 2 fully saturated rings. The van der Waals surface area contributed by atoms with E-state index < -0.39 is 0 Å². The zero-order valence-corrected chi connectivity index (χ0v) is 14.3. The van der Waals surface area contributed by atoms with Gasteiger partial charge in [0.15, 0.2) is 0 Å². The minimum Gasteiger partial charge on any atom is -0.377 e. The molecule has 1 N–H and O–H groups in total. The number of rotatable bonds is 7. The van der Waals surface area contributed by atoms with Crippen LogP contribution < -0.4 is 5.32 Å². The predicted octanol–water partition coefficient (Wildman–Crippen LogP) is 3.44. The van der Waals surface area contributed by atoms with E-state index in [1.165, 1.54) is 70.9 Å². The fourth-order valence-corrected chi connectivity index (χ4v) is 3.98. The van der Waals surface area contributed by atoms with Crippen LogP contribution in [0.3, 0.4) is 0 Å². The van der Waals surface area contributed by atoms with E-state index in [1.807, 2.05) is 0 Å². The van der Waals surface area contributed by atoms with Gasteiger partial charge < -0.3 is 15.0 Å². The fourth-order valence-electron chi connectivity index (χ4n) is 3.98. The zero-order valence-electron chi connectivity index (χ0n) is 14.3. The van der Waals surface area contributed by atoms with Crippen LogP contribution in [0.5, 0.6) is 0 Å². The smallest absolute Gasteiger partial charge is 0.0701 e. The Hall–Kier alpha value is -0.120. The lowest BCUT2D eigenvalue weighted by Gasteiger charge is -2.33. The number of ether oxygens (including phenoxy) is 1. The second-order valence-electron chi connectivity index (χ2n) is 7.17. The van der Waals surface area contributed by atoms with E-state index in [1.54, 1.807) is 0 Å². The highest BCUT2D eigenvalue weighted by atomic mass is 16.5. The zero-order chi connectivity index (χ0) is 14.9.